The highest BCUT2D eigenvalue weighted by atomic mass is 32.1. The first-order valence-corrected chi connectivity index (χ1v) is 5.70. The SMILES string of the molecule is NC(=S)c1cnccc1NCc1ccccc1. The smallest absolute Gasteiger partial charge is 0.107 e. The molecule has 3 N–H and O–H groups in total. The summed E-state index contributed by atoms with van der Waals surface area (Å²) in [7, 11) is 0. The number of hydrogen-bond acceptors (Lipinski definition) is 3. The number of nitrogens with zero attached hydrogens (tertiary/aromatic N) is 1. The summed E-state index contributed by atoms with van der Waals surface area (Å²) in [5.41, 5.74) is 8.53. The van der Waals surface area contributed by atoms with Crippen molar-refractivity contribution in [3.8, 4) is 0 Å². The number of aromatic nitrogens is 1. The summed E-state index contributed by atoms with van der Waals surface area (Å²) in [5, 5.41) is 3.30. The van der Waals surface area contributed by atoms with Gasteiger partial charge < -0.3 is 11.1 Å². The van der Waals surface area contributed by atoms with Crippen LogP contribution in [0.25, 0.3) is 0 Å². The van der Waals surface area contributed by atoms with Crippen molar-refractivity contribution in [3.05, 3.63) is 59.9 Å². The lowest BCUT2D eigenvalue weighted by molar-refractivity contribution is 1.14. The van der Waals surface area contributed by atoms with Gasteiger partial charge in [0.2, 0.25) is 0 Å². The molecule has 4 heteroatoms. The van der Waals surface area contributed by atoms with Crippen LogP contribution in [0.5, 0.6) is 0 Å². The third-order valence-electron chi connectivity index (χ3n) is 2.41. The van der Waals surface area contributed by atoms with Crippen LogP contribution in [0, 0.1) is 0 Å². The molecule has 0 aliphatic rings. The highest BCUT2D eigenvalue weighted by Crippen LogP contribution is 2.14. The molecule has 0 aliphatic carbocycles. The molecule has 1 heterocycles. The maximum atomic E-state index is 5.63. The molecular formula is C13H13N3S. The van der Waals surface area contributed by atoms with Gasteiger partial charge in [-0.3, -0.25) is 4.98 Å². The van der Waals surface area contributed by atoms with Crippen molar-refractivity contribution in [1.82, 2.24) is 4.98 Å². The van der Waals surface area contributed by atoms with Crippen LogP contribution in [0.3, 0.4) is 0 Å². The minimum atomic E-state index is 0.355. The molecule has 0 aliphatic heterocycles. The lowest BCUT2D eigenvalue weighted by Gasteiger charge is -2.10. The Hall–Kier alpha value is -1.94. The predicted molar refractivity (Wildman–Crippen MR) is 73.9 cm³/mol. The van der Waals surface area contributed by atoms with E-state index in [1.165, 1.54) is 5.56 Å². The molecule has 0 amide bonds. The summed E-state index contributed by atoms with van der Waals surface area (Å²) >= 11 is 4.98. The fourth-order valence-corrected chi connectivity index (χ4v) is 1.70. The Morgan fingerprint density at radius 2 is 2.00 bits per heavy atom. The predicted octanol–water partition coefficient (Wildman–Crippen LogP) is 2.33. The highest BCUT2D eigenvalue weighted by molar-refractivity contribution is 7.80. The number of anilines is 1. The quantitative estimate of drug-likeness (QED) is 0.809. The summed E-state index contributed by atoms with van der Waals surface area (Å²) < 4.78 is 0. The van der Waals surface area contributed by atoms with Crippen molar-refractivity contribution in [2.75, 3.05) is 5.32 Å². The summed E-state index contributed by atoms with van der Waals surface area (Å²) in [6.45, 7) is 0.737. The van der Waals surface area contributed by atoms with Gasteiger partial charge in [-0.15, -0.1) is 0 Å². The summed E-state index contributed by atoms with van der Waals surface area (Å²) in [4.78, 5) is 4.37. The molecule has 0 saturated heterocycles. The van der Waals surface area contributed by atoms with E-state index in [1.807, 2.05) is 24.3 Å². The fraction of sp³-hybridized carbons (Fsp3) is 0.0769. The largest absolute Gasteiger partial charge is 0.389 e. The Morgan fingerprint density at radius 3 is 2.71 bits per heavy atom. The van der Waals surface area contributed by atoms with E-state index in [9.17, 15) is 0 Å². The van der Waals surface area contributed by atoms with Gasteiger partial charge in [-0.05, 0) is 11.6 Å². The van der Waals surface area contributed by atoms with Crippen molar-refractivity contribution in [2.45, 2.75) is 6.54 Å². The Bertz CT molecular complexity index is 511. The molecule has 86 valence electrons. The first-order valence-electron chi connectivity index (χ1n) is 5.29. The number of benzene rings is 1. The molecule has 0 spiro atoms. The second-order valence-corrected chi connectivity index (χ2v) is 4.06. The molecule has 0 unspecified atom stereocenters. The van der Waals surface area contributed by atoms with Crippen molar-refractivity contribution >= 4 is 22.9 Å². The van der Waals surface area contributed by atoms with Gasteiger partial charge in [0.25, 0.3) is 0 Å². The molecule has 0 radical (unpaired) electrons. The maximum absolute atomic E-state index is 5.63. The minimum Gasteiger partial charge on any atom is -0.389 e. The lowest BCUT2D eigenvalue weighted by atomic mass is 10.2. The van der Waals surface area contributed by atoms with Crippen molar-refractivity contribution in [3.63, 3.8) is 0 Å². The second kappa shape index (κ2) is 5.41. The molecule has 2 aromatic rings. The fourth-order valence-electron chi connectivity index (χ4n) is 1.54. The Labute approximate surface area is 106 Å². The second-order valence-electron chi connectivity index (χ2n) is 3.62. The molecule has 3 nitrogen and oxygen atoms in total. The molecule has 0 bridgehead atoms. The van der Waals surface area contributed by atoms with Gasteiger partial charge in [0.1, 0.15) is 4.99 Å². The minimum absolute atomic E-state index is 0.355. The first-order chi connectivity index (χ1) is 8.27. The Morgan fingerprint density at radius 1 is 1.24 bits per heavy atom. The number of pyridine rings is 1. The van der Waals surface area contributed by atoms with Crippen LogP contribution in [-0.4, -0.2) is 9.97 Å². The summed E-state index contributed by atoms with van der Waals surface area (Å²) in [6.07, 6.45) is 3.39. The lowest BCUT2D eigenvalue weighted by Crippen LogP contribution is -2.13. The zero-order valence-corrected chi connectivity index (χ0v) is 10.1. The zero-order valence-electron chi connectivity index (χ0n) is 9.26. The van der Waals surface area contributed by atoms with Crippen molar-refractivity contribution < 1.29 is 0 Å². The summed E-state index contributed by atoms with van der Waals surface area (Å²) in [5.74, 6) is 0. The first kappa shape index (κ1) is 11.5. The average molecular weight is 243 g/mol. The van der Waals surface area contributed by atoms with Crippen LogP contribution >= 0.6 is 12.2 Å². The van der Waals surface area contributed by atoms with Crippen LogP contribution in [0.1, 0.15) is 11.1 Å². The molecule has 0 fully saturated rings. The van der Waals surface area contributed by atoms with E-state index in [-0.39, 0.29) is 0 Å². The standard InChI is InChI=1S/C13H13N3S/c14-13(17)11-9-15-7-6-12(11)16-8-10-4-2-1-3-5-10/h1-7,9H,8H2,(H2,14,17)(H,15,16). The van der Waals surface area contributed by atoms with E-state index < -0.39 is 0 Å². The van der Waals surface area contributed by atoms with E-state index >= 15 is 0 Å². The Kier molecular flexibility index (Phi) is 3.67. The monoisotopic (exact) mass is 243 g/mol. The van der Waals surface area contributed by atoms with E-state index in [0.29, 0.717) is 4.99 Å². The highest BCUT2D eigenvalue weighted by Gasteiger charge is 2.04. The molecular weight excluding hydrogens is 230 g/mol. The van der Waals surface area contributed by atoms with Gasteiger partial charge in [0, 0.05) is 24.6 Å². The van der Waals surface area contributed by atoms with Crippen LogP contribution in [0.4, 0.5) is 5.69 Å². The molecule has 17 heavy (non-hydrogen) atoms. The molecule has 2 rings (SSSR count). The van der Waals surface area contributed by atoms with Crippen LogP contribution in [-0.2, 0) is 6.54 Å². The molecule has 0 saturated carbocycles. The average Bonchev–Trinajstić information content (AvgIpc) is 2.38. The van der Waals surface area contributed by atoms with Crippen molar-refractivity contribution in [2.24, 2.45) is 5.73 Å². The van der Waals surface area contributed by atoms with Crippen LogP contribution in [0.15, 0.2) is 48.8 Å². The van der Waals surface area contributed by atoms with Gasteiger partial charge in [0.05, 0.1) is 5.56 Å². The van der Waals surface area contributed by atoms with E-state index in [1.54, 1.807) is 12.4 Å². The van der Waals surface area contributed by atoms with Crippen LogP contribution in [0.2, 0.25) is 0 Å². The van der Waals surface area contributed by atoms with Gasteiger partial charge in [-0.1, -0.05) is 42.5 Å². The number of hydrogen-bond donors (Lipinski definition) is 2. The number of nitrogens with two attached hydrogens (primary N) is 1. The van der Waals surface area contributed by atoms with Gasteiger partial charge in [0.15, 0.2) is 0 Å². The normalized spacial score (nSPS) is 9.88. The number of thiocarbonyl (C=S) groups is 1. The third kappa shape index (κ3) is 3.01. The van der Waals surface area contributed by atoms with Crippen molar-refractivity contribution in [1.29, 1.82) is 0 Å². The van der Waals surface area contributed by atoms with Gasteiger partial charge in [-0.2, -0.15) is 0 Å². The topological polar surface area (TPSA) is 50.9 Å². The number of nitrogens with one attached hydrogen (secondary N) is 1. The molecule has 0 atom stereocenters. The van der Waals surface area contributed by atoms with Gasteiger partial charge >= 0.3 is 0 Å². The Balaban J connectivity index is 2.12. The third-order valence-corrected chi connectivity index (χ3v) is 2.63. The summed E-state index contributed by atoms with van der Waals surface area (Å²) in [6, 6.07) is 12.0. The zero-order chi connectivity index (χ0) is 12.1. The molecule has 1 aromatic heterocycles. The van der Waals surface area contributed by atoms with E-state index in [2.05, 4.69) is 22.4 Å². The van der Waals surface area contributed by atoms with E-state index in [4.69, 9.17) is 18.0 Å². The van der Waals surface area contributed by atoms with E-state index in [0.717, 1.165) is 17.8 Å². The van der Waals surface area contributed by atoms with Crippen LogP contribution < -0.4 is 11.1 Å². The maximum Gasteiger partial charge on any atom is 0.107 e. The van der Waals surface area contributed by atoms with Gasteiger partial charge in [-0.25, -0.2) is 0 Å². The number of rotatable bonds is 4. The molecule has 1 aromatic carbocycles.